The van der Waals surface area contributed by atoms with Gasteiger partial charge >= 0.3 is 0 Å². The molecule has 2 nitrogen and oxygen atoms in total. The minimum absolute atomic E-state index is 0.655. The minimum atomic E-state index is 0.655. The zero-order valence-corrected chi connectivity index (χ0v) is 6.75. The molecule has 0 heterocycles. The van der Waals surface area contributed by atoms with E-state index in [9.17, 15) is 0 Å². The predicted octanol–water partition coefficient (Wildman–Crippen LogP) is 1.89. The quantitative estimate of drug-likeness (QED) is 0.505. The first-order chi connectivity index (χ1) is 4.74. The van der Waals surface area contributed by atoms with Gasteiger partial charge in [-0.15, -0.1) is 0 Å². The number of nitrogens with two attached hydrogens (primary N) is 2. The second-order valence-corrected chi connectivity index (χ2v) is 2.91. The van der Waals surface area contributed by atoms with Crippen LogP contribution in [-0.2, 0) is 0 Å². The van der Waals surface area contributed by atoms with Crippen molar-refractivity contribution in [2.75, 3.05) is 5.73 Å². The number of anilines is 1. The summed E-state index contributed by atoms with van der Waals surface area (Å²) < 4.78 is 0. The van der Waals surface area contributed by atoms with Crippen molar-refractivity contribution in [3.8, 4) is 0 Å². The summed E-state index contributed by atoms with van der Waals surface area (Å²) in [4.78, 5) is 0.813. The van der Waals surface area contributed by atoms with Gasteiger partial charge in [0.05, 0.1) is 0 Å². The fourth-order valence-corrected chi connectivity index (χ4v) is 1.25. The van der Waals surface area contributed by atoms with Crippen molar-refractivity contribution in [2.24, 2.45) is 5.14 Å². The summed E-state index contributed by atoms with van der Waals surface area (Å²) in [6, 6.07) is 5.20. The number of nitrogen functional groups attached to an aromatic ring is 1. The molecule has 54 valence electrons. The lowest BCUT2D eigenvalue weighted by atomic mass is 10.3. The summed E-state index contributed by atoms with van der Waals surface area (Å²) >= 11 is 6.77. The van der Waals surface area contributed by atoms with E-state index in [1.807, 2.05) is 0 Å². The maximum Gasteiger partial charge on any atom is 0.0470 e. The van der Waals surface area contributed by atoms with Crippen molar-refractivity contribution in [3.63, 3.8) is 0 Å². The van der Waals surface area contributed by atoms with Gasteiger partial charge in [-0.2, -0.15) is 0 Å². The van der Waals surface area contributed by atoms with Crippen LogP contribution < -0.4 is 10.9 Å². The van der Waals surface area contributed by atoms with Crippen LogP contribution >= 0.6 is 23.5 Å². The highest BCUT2D eigenvalue weighted by Gasteiger charge is 1.96. The standard InChI is InChI=1S/C6H7ClN2S/c7-4-1-2-5(8)6(3-4)10-9/h1-3H,8-9H2. The number of benzene rings is 1. The number of hydrogen-bond acceptors (Lipinski definition) is 3. The van der Waals surface area contributed by atoms with Gasteiger partial charge in [0.2, 0.25) is 0 Å². The number of rotatable bonds is 1. The van der Waals surface area contributed by atoms with Crippen molar-refractivity contribution in [3.05, 3.63) is 23.2 Å². The molecule has 0 radical (unpaired) electrons. The summed E-state index contributed by atoms with van der Waals surface area (Å²) in [5.74, 6) is 0. The molecule has 0 bridgehead atoms. The van der Waals surface area contributed by atoms with Crippen molar-refractivity contribution in [1.82, 2.24) is 0 Å². The molecule has 0 unspecified atom stereocenters. The molecule has 0 atom stereocenters. The van der Waals surface area contributed by atoms with E-state index in [2.05, 4.69) is 0 Å². The van der Waals surface area contributed by atoms with Gasteiger partial charge in [-0.3, -0.25) is 5.14 Å². The fourth-order valence-electron chi connectivity index (χ4n) is 0.610. The molecule has 0 fully saturated rings. The molecule has 0 saturated heterocycles. The lowest BCUT2D eigenvalue weighted by molar-refractivity contribution is 1.46. The summed E-state index contributed by atoms with van der Waals surface area (Å²) in [5, 5.41) is 5.95. The van der Waals surface area contributed by atoms with Gasteiger partial charge < -0.3 is 5.73 Å². The smallest absolute Gasteiger partial charge is 0.0470 e. The van der Waals surface area contributed by atoms with Crippen LogP contribution in [-0.4, -0.2) is 0 Å². The minimum Gasteiger partial charge on any atom is -0.398 e. The van der Waals surface area contributed by atoms with Gasteiger partial charge in [0.15, 0.2) is 0 Å². The van der Waals surface area contributed by atoms with Crippen LogP contribution in [0.15, 0.2) is 23.1 Å². The highest BCUT2D eigenvalue weighted by atomic mass is 35.5. The Morgan fingerprint density at radius 3 is 2.60 bits per heavy atom. The van der Waals surface area contributed by atoms with Gasteiger partial charge in [0.1, 0.15) is 0 Å². The highest BCUT2D eigenvalue weighted by Crippen LogP contribution is 2.23. The predicted molar refractivity (Wildman–Crippen MR) is 45.9 cm³/mol. The number of halogens is 1. The van der Waals surface area contributed by atoms with Crippen LogP contribution in [0.25, 0.3) is 0 Å². The zero-order chi connectivity index (χ0) is 7.56. The second kappa shape index (κ2) is 3.14. The normalized spacial score (nSPS) is 9.80. The molecular weight excluding hydrogens is 168 g/mol. The molecule has 0 saturated carbocycles. The maximum absolute atomic E-state index is 5.67. The summed E-state index contributed by atoms with van der Waals surface area (Å²) in [5.41, 5.74) is 6.20. The Morgan fingerprint density at radius 1 is 1.40 bits per heavy atom. The molecule has 10 heavy (non-hydrogen) atoms. The third-order valence-electron chi connectivity index (χ3n) is 1.10. The molecule has 4 N–H and O–H groups in total. The average molecular weight is 175 g/mol. The largest absolute Gasteiger partial charge is 0.398 e. The first kappa shape index (κ1) is 7.72. The molecule has 1 aromatic rings. The Labute approximate surface area is 68.7 Å². The Bertz CT molecular complexity index is 239. The van der Waals surface area contributed by atoms with E-state index in [4.69, 9.17) is 22.5 Å². The zero-order valence-electron chi connectivity index (χ0n) is 5.17. The molecule has 0 amide bonds. The van der Waals surface area contributed by atoms with E-state index < -0.39 is 0 Å². The summed E-state index contributed by atoms with van der Waals surface area (Å²) in [6.45, 7) is 0. The van der Waals surface area contributed by atoms with Crippen LogP contribution in [0.5, 0.6) is 0 Å². The Hall–Kier alpha value is -0.380. The van der Waals surface area contributed by atoms with Crippen molar-refractivity contribution >= 4 is 29.2 Å². The third kappa shape index (κ3) is 1.56. The monoisotopic (exact) mass is 174 g/mol. The van der Waals surface area contributed by atoms with Gasteiger partial charge in [-0.05, 0) is 30.1 Å². The van der Waals surface area contributed by atoms with Crippen LogP contribution in [0.1, 0.15) is 0 Å². The van der Waals surface area contributed by atoms with E-state index in [-0.39, 0.29) is 0 Å². The van der Waals surface area contributed by atoms with Gasteiger partial charge in [0.25, 0.3) is 0 Å². The molecule has 0 aromatic heterocycles. The first-order valence-corrected chi connectivity index (χ1v) is 3.91. The van der Waals surface area contributed by atoms with Crippen LogP contribution in [0.3, 0.4) is 0 Å². The first-order valence-electron chi connectivity index (χ1n) is 2.66. The lowest BCUT2D eigenvalue weighted by Gasteiger charge is -1.99. The molecule has 0 aliphatic rings. The van der Waals surface area contributed by atoms with Gasteiger partial charge in [0, 0.05) is 15.6 Å². The van der Waals surface area contributed by atoms with Crippen molar-refractivity contribution < 1.29 is 0 Å². The number of hydrogen-bond donors (Lipinski definition) is 2. The van der Waals surface area contributed by atoms with Crippen molar-refractivity contribution in [2.45, 2.75) is 4.90 Å². The van der Waals surface area contributed by atoms with Crippen LogP contribution in [0.4, 0.5) is 5.69 Å². The molecule has 0 spiro atoms. The lowest BCUT2D eigenvalue weighted by Crippen LogP contribution is -1.89. The third-order valence-corrected chi connectivity index (χ3v) is 1.95. The summed E-state index contributed by atoms with van der Waals surface area (Å²) in [7, 11) is 0. The molecule has 4 heteroatoms. The molecule has 1 aromatic carbocycles. The highest BCUT2D eigenvalue weighted by molar-refractivity contribution is 7.97. The Kier molecular flexibility index (Phi) is 2.43. The Balaban J connectivity index is 3.09. The molecule has 0 aliphatic heterocycles. The van der Waals surface area contributed by atoms with E-state index in [1.54, 1.807) is 18.2 Å². The van der Waals surface area contributed by atoms with E-state index in [0.29, 0.717) is 10.7 Å². The molecule has 1 rings (SSSR count). The van der Waals surface area contributed by atoms with Crippen LogP contribution in [0.2, 0.25) is 5.02 Å². The SMILES string of the molecule is NSc1cc(Cl)ccc1N. The van der Waals surface area contributed by atoms with E-state index in [1.165, 1.54) is 0 Å². The van der Waals surface area contributed by atoms with Gasteiger partial charge in [-0.1, -0.05) is 11.6 Å². The second-order valence-electron chi connectivity index (χ2n) is 1.80. The molecule has 0 aliphatic carbocycles. The maximum atomic E-state index is 5.67. The fraction of sp³-hybridized carbons (Fsp3) is 0. The van der Waals surface area contributed by atoms with Crippen molar-refractivity contribution in [1.29, 1.82) is 0 Å². The van der Waals surface area contributed by atoms with E-state index >= 15 is 0 Å². The topological polar surface area (TPSA) is 52.0 Å². The average Bonchev–Trinajstić information content (AvgIpc) is 1.94. The van der Waals surface area contributed by atoms with Gasteiger partial charge in [-0.25, -0.2) is 0 Å². The molecular formula is C6H7ClN2S. The van der Waals surface area contributed by atoms with E-state index in [0.717, 1.165) is 16.8 Å². The summed E-state index contributed by atoms with van der Waals surface area (Å²) in [6.07, 6.45) is 0. The van der Waals surface area contributed by atoms with Crippen LogP contribution in [0, 0.1) is 0 Å². The Morgan fingerprint density at radius 2 is 2.10 bits per heavy atom.